The molecule has 0 saturated heterocycles. The summed E-state index contributed by atoms with van der Waals surface area (Å²) in [5, 5.41) is 23.9. The summed E-state index contributed by atoms with van der Waals surface area (Å²) in [6.45, 7) is 12.0. The van der Waals surface area contributed by atoms with E-state index in [9.17, 15) is 9.90 Å². The van der Waals surface area contributed by atoms with E-state index in [0.717, 1.165) is 25.7 Å². The fourth-order valence-electron chi connectivity index (χ4n) is 5.03. The summed E-state index contributed by atoms with van der Waals surface area (Å²) in [6.07, 6.45) is 6.25. The number of carboxylic acid groups (broad SMARTS) is 1. The average molecular weight is 534 g/mol. The maximum atomic E-state index is 11.0. The van der Waals surface area contributed by atoms with Crippen LogP contribution >= 0.6 is 11.6 Å². The van der Waals surface area contributed by atoms with Crippen molar-refractivity contribution in [2.24, 2.45) is 16.7 Å². The van der Waals surface area contributed by atoms with Crippen molar-refractivity contribution in [2.45, 2.75) is 71.4 Å². The molecule has 2 N–H and O–H groups in total. The Morgan fingerprint density at radius 3 is 2.11 bits per heavy atom. The summed E-state index contributed by atoms with van der Waals surface area (Å²) in [5.74, 6) is -0.371. The van der Waals surface area contributed by atoms with Crippen molar-refractivity contribution in [3.8, 4) is 11.7 Å². The van der Waals surface area contributed by atoms with Gasteiger partial charge >= 0.3 is 5.97 Å². The molecule has 3 aliphatic carbocycles. The number of carboxylic acids is 1. The fourth-order valence-corrected chi connectivity index (χ4v) is 5.26. The van der Waals surface area contributed by atoms with E-state index in [1.54, 1.807) is 19.4 Å². The van der Waals surface area contributed by atoms with E-state index in [0.29, 0.717) is 11.7 Å². The molecule has 2 spiro atoms. The molecule has 1 atom stereocenters. The van der Waals surface area contributed by atoms with Gasteiger partial charge in [-0.15, -0.1) is 5.10 Å². The highest BCUT2D eigenvalue weighted by molar-refractivity contribution is 6.32. The smallest absolute Gasteiger partial charge is 0.338 e. The second kappa shape index (κ2) is 11.5. The van der Waals surface area contributed by atoms with Gasteiger partial charge in [0.1, 0.15) is 26.4 Å². The molecule has 1 unspecified atom stereocenters. The fraction of sp³-hybridized carbons (Fsp3) is 0.615. The molecule has 11 heteroatoms. The molecule has 2 heterocycles. The molecule has 3 fully saturated rings. The number of methoxy groups -OCH3 is 1. The highest BCUT2D eigenvalue weighted by Gasteiger charge is 2.89. The Balaban J connectivity index is 0.000000420. The lowest BCUT2D eigenvalue weighted by atomic mass is 9.76. The van der Waals surface area contributed by atoms with Gasteiger partial charge in [-0.25, -0.2) is 14.5 Å². The quantitative estimate of drug-likeness (QED) is 0.416. The van der Waals surface area contributed by atoms with Crippen LogP contribution in [0.3, 0.4) is 0 Å². The Morgan fingerprint density at radius 1 is 1.19 bits per heavy atom. The predicted molar refractivity (Wildman–Crippen MR) is 142 cm³/mol. The minimum atomic E-state index is -1.36. The van der Waals surface area contributed by atoms with Crippen LogP contribution in [-0.4, -0.2) is 70.4 Å². The summed E-state index contributed by atoms with van der Waals surface area (Å²) in [7, 11) is 7.90. The molecular weight excluding hydrogens is 497 g/mol. The number of halogens is 1. The zero-order valence-electron chi connectivity index (χ0n) is 22.5. The molecule has 2 aromatic heterocycles. The van der Waals surface area contributed by atoms with Crippen molar-refractivity contribution in [1.29, 1.82) is 0 Å². The molecule has 0 aromatic carbocycles. The lowest BCUT2D eigenvalue weighted by Gasteiger charge is -2.24. The number of aliphatic hydroxyl groups is 1. The minimum absolute atomic E-state index is 0.0235. The summed E-state index contributed by atoms with van der Waals surface area (Å²) in [4.78, 5) is 23.0. The van der Waals surface area contributed by atoms with Crippen molar-refractivity contribution in [3.63, 3.8) is 0 Å². The predicted octanol–water partition coefficient (Wildman–Crippen LogP) is 4.32. The van der Waals surface area contributed by atoms with E-state index in [1.165, 1.54) is 16.8 Å². The second-order valence-electron chi connectivity index (χ2n) is 10.3. The number of rotatable bonds is 6. The van der Waals surface area contributed by atoms with Crippen molar-refractivity contribution in [2.75, 3.05) is 13.7 Å². The maximum Gasteiger partial charge on any atom is 0.338 e. The highest BCUT2D eigenvalue weighted by Crippen LogP contribution is 2.93. The molecule has 37 heavy (non-hydrogen) atoms. The molecule has 2 aromatic rings. The lowest BCUT2D eigenvalue weighted by molar-refractivity contribution is -0.0980. The van der Waals surface area contributed by atoms with Gasteiger partial charge in [0.05, 0.1) is 16.7 Å². The van der Waals surface area contributed by atoms with Gasteiger partial charge in [-0.2, -0.15) is 0 Å². The molecule has 0 aliphatic heterocycles. The first-order chi connectivity index (χ1) is 17.4. The Hall–Kier alpha value is -2.43. The largest absolute Gasteiger partial charge is 0.478 e. The number of fused-ring (bicyclic) bond motifs is 1. The summed E-state index contributed by atoms with van der Waals surface area (Å²) in [6, 6.07) is 4.50. The number of aromatic nitrogens is 3. The number of nitrogens with zero attached hydrogens (tertiary/aromatic N) is 3. The number of carbonyl (C=O) groups is 2. The zero-order chi connectivity index (χ0) is 28.2. The summed E-state index contributed by atoms with van der Waals surface area (Å²) >= 11 is 5.90. The van der Waals surface area contributed by atoms with E-state index in [-0.39, 0.29) is 39.7 Å². The van der Waals surface area contributed by atoms with Gasteiger partial charge in [-0.3, -0.25) is 0 Å². The minimum Gasteiger partial charge on any atom is -0.478 e. The van der Waals surface area contributed by atoms with Crippen molar-refractivity contribution >= 4 is 32.2 Å². The normalized spacial score (nSPS) is 19.1. The third kappa shape index (κ3) is 6.53. The number of hydrogen-bond donors (Lipinski definition) is 2. The Morgan fingerprint density at radius 2 is 1.70 bits per heavy atom. The molecular formula is C26H37BClN3O6. The molecule has 0 amide bonds. The molecule has 2 radical (unpaired) electrons. The highest BCUT2D eigenvalue weighted by atomic mass is 35.5. The molecule has 0 bridgehead atoms. The van der Waals surface area contributed by atoms with E-state index in [4.69, 9.17) is 38.8 Å². The Kier molecular flexibility index (Phi) is 9.60. The maximum absolute atomic E-state index is 11.0. The number of pyridine rings is 1. The van der Waals surface area contributed by atoms with E-state index in [1.807, 2.05) is 41.4 Å². The summed E-state index contributed by atoms with van der Waals surface area (Å²) in [5.41, 5.74) is -0.858. The van der Waals surface area contributed by atoms with Crippen LogP contribution in [0, 0.1) is 16.7 Å². The van der Waals surface area contributed by atoms with Gasteiger partial charge in [0, 0.05) is 19.4 Å². The van der Waals surface area contributed by atoms with Gasteiger partial charge in [0.2, 0.25) is 5.88 Å². The van der Waals surface area contributed by atoms with Crippen LogP contribution in [0.4, 0.5) is 0 Å². The second-order valence-corrected chi connectivity index (χ2v) is 10.6. The van der Waals surface area contributed by atoms with E-state index >= 15 is 0 Å². The molecule has 5 rings (SSSR count). The van der Waals surface area contributed by atoms with Crippen LogP contribution in [0.25, 0.3) is 5.82 Å². The topological polar surface area (TPSA) is 124 Å². The van der Waals surface area contributed by atoms with Crippen molar-refractivity contribution in [1.82, 2.24) is 14.8 Å². The Labute approximate surface area is 224 Å². The van der Waals surface area contributed by atoms with Crippen LogP contribution in [0.5, 0.6) is 5.88 Å². The van der Waals surface area contributed by atoms with E-state index in [2.05, 4.69) is 10.1 Å². The SMILES string of the molecule is C=O.CC.COC(C)(C)C.[B]C(O)(COc1ccn(-c2ccc(C(=O)O)c(Cl)n2)n1)C1C2(CC2)C12CC2. The van der Waals surface area contributed by atoms with Crippen LogP contribution in [0.1, 0.15) is 70.7 Å². The third-order valence-electron chi connectivity index (χ3n) is 7.02. The van der Waals surface area contributed by atoms with Crippen molar-refractivity contribution < 1.29 is 29.3 Å². The van der Waals surface area contributed by atoms with Crippen molar-refractivity contribution in [3.05, 3.63) is 35.1 Å². The molecule has 3 saturated carbocycles. The number of hydrogen-bond acceptors (Lipinski definition) is 7. The van der Waals surface area contributed by atoms with Gasteiger partial charge in [-0.05, 0) is 75.3 Å². The first-order valence-electron chi connectivity index (χ1n) is 12.3. The van der Waals surface area contributed by atoms with Crippen LogP contribution < -0.4 is 4.74 Å². The van der Waals surface area contributed by atoms with Crippen LogP contribution in [0.15, 0.2) is 24.4 Å². The third-order valence-corrected chi connectivity index (χ3v) is 7.31. The number of ether oxygens (including phenoxy) is 2. The summed E-state index contributed by atoms with van der Waals surface area (Å²) < 4.78 is 12.0. The van der Waals surface area contributed by atoms with Gasteiger partial charge < -0.3 is 24.5 Å². The van der Waals surface area contributed by atoms with Crippen LogP contribution in [-0.2, 0) is 9.53 Å². The van der Waals surface area contributed by atoms with Gasteiger partial charge in [0.25, 0.3) is 0 Å². The van der Waals surface area contributed by atoms with E-state index < -0.39 is 11.5 Å². The first kappa shape index (κ1) is 30.8. The Bertz CT molecular complexity index is 1060. The average Bonchev–Trinajstić information content (AvgIpc) is 3.82. The number of carbonyl (C=O) groups excluding carboxylic acids is 1. The monoisotopic (exact) mass is 533 g/mol. The molecule has 3 aliphatic rings. The lowest BCUT2D eigenvalue weighted by Crippen LogP contribution is -2.40. The van der Waals surface area contributed by atoms with Gasteiger partial charge in [0.15, 0.2) is 5.82 Å². The van der Waals surface area contributed by atoms with Crippen LogP contribution in [0.2, 0.25) is 5.15 Å². The molecule has 9 nitrogen and oxygen atoms in total. The first-order valence-corrected chi connectivity index (χ1v) is 12.7. The zero-order valence-corrected chi connectivity index (χ0v) is 23.2. The molecule has 202 valence electrons. The van der Waals surface area contributed by atoms with Gasteiger partial charge in [-0.1, -0.05) is 25.4 Å². The standard InChI is InChI=1S/C18H17BClN3O4.C5H12O.C2H6.CH2O/c19-18(26,15-16(4-5-16)17(15)6-7-17)9-27-12-3-8-23(22-12)11-2-1-10(14(24)25)13(20)21-11;1-5(2,3)6-4;2*1-2/h1-3,8,15,26H,4-7,9H2,(H,24,25);1-4H3;1-2H3;1H2. The number of aromatic carboxylic acids is 1.